The van der Waals surface area contributed by atoms with Crippen molar-refractivity contribution in [1.29, 1.82) is 0 Å². The monoisotopic (exact) mass is 366 g/mol. The van der Waals surface area contributed by atoms with Gasteiger partial charge >= 0.3 is 0 Å². The van der Waals surface area contributed by atoms with Gasteiger partial charge in [0.05, 0.1) is 5.56 Å². The van der Waals surface area contributed by atoms with Gasteiger partial charge in [-0.3, -0.25) is 14.6 Å². The molecule has 3 rings (SSSR count). The first-order valence-electron chi connectivity index (χ1n) is 9.47. The maximum Gasteiger partial charge on any atom is 0.255 e. The molecule has 1 aliphatic heterocycles. The summed E-state index contributed by atoms with van der Waals surface area (Å²) in [4.78, 5) is 31.0. The Hall–Kier alpha value is -2.73. The highest BCUT2D eigenvalue weighted by Crippen LogP contribution is 2.22. The van der Waals surface area contributed by atoms with E-state index in [1.165, 1.54) is 0 Å². The minimum Gasteiger partial charge on any atom is -0.354 e. The number of benzene rings is 1. The summed E-state index contributed by atoms with van der Waals surface area (Å²) in [6, 6.07) is 11.8. The molecular weight excluding hydrogens is 340 g/mol. The molecule has 1 aromatic heterocycles. The predicted octanol–water partition coefficient (Wildman–Crippen LogP) is 2.21. The van der Waals surface area contributed by atoms with Crippen LogP contribution in [-0.2, 0) is 4.79 Å². The SMILES string of the molecule is NCCC(=O)NCC1CCCCN1C(=O)c1cncc(-c2ccccc2)c1. The summed E-state index contributed by atoms with van der Waals surface area (Å²) >= 11 is 0. The first-order valence-corrected chi connectivity index (χ1v) is 9.47. The van der Waals surface area contributed by atoms with Gasteiger partial charge in [0.15, 0.2) is 0 Å². The quantitative estimate of drug-likeness (QED) is 0.820. The van der Waals surface area contributed by atoms with E-state index in [-0.39, 0.29) is 17.9 Å². The molecule has 1 aromatic carbocycles. The van der Waals surface area contributed by atoms with Crippen molar-refractivity contribution >= 4 is 11.8 Å². The van der Waals surface area contributed by atoms with Crippen LogP contribution in [0.2, 0.25) is 0 Å². The smallest absolute Gasteiger partial charge is 0.255 e. The molecule has 1 aliphatic rings. The third kappa shape index (κ3) is 4.92. The Balaban J connectivity index is 1.74. The van der Waals surface area contributed by atoms with Crippen LogP contribution in [-0.4, -0.2) is 47.4 Å². The van der Waals surface area contributed by atoms with E-state index in [4.69, 9.17) is 5.73 Å². The molecule has 2 amide bonds. The van der Waals surface area contributed by atoms with Gasteiger partial charge in [-0.15, -0.1) is 0 Å². The normalized spacial score (nSPS) is 16.8. The van der Waals surface area contributed by atoms with Gasteiger partial charge in [-0.2, -0.15) is 0 Å². The third-order valence-electron chi connectivity index (χ3n) is 4.89. The fourth-order valence-electron chi connectivity index (χ4n) is 3.44. The Morgan fingerprint density at radius 1 is 1.15 bits per heavy atom. The molecule has 0 aliphatic carbocycles. The highest BCUT2D eigenvalue weighted by atomic mass is 16.2. The molecule has 0 bridgehead atoms. The summed E-state index contributed by atoms with van der Waals surface area (Å²) < 4.78 is 0. The Labute approximate surface area is 159 Å². The van der Waals surface area contributed by atoms with Crippen molar-refractivity contribution in [2.75, 3.05) is 19.6 Å². The van der Waals surface area contributed by atoms with Crippen LogP contribution in [0.4, 0.5) is 0 Å². The Morgan fingerprint density at radius 2 is 1.96 bits per heavy atom. The Kier molecular flexibility index (Phi) is 6.54. The highest BCUT2D eigenvalue weighted by molar-refractivity contribution is 5.95. The molecule has 6 heteroatoms. The number of carbonyl (C=O) groups excluding carboxylic acids is 2. The minimum absolute atomic E-state index is 0.00774. The van der Waals surface area contributed by atoms with Gasteiger partial charge in [-0.1, -0.05) is 30.3 Å². The van der Waals surface area contributed by atoms with Crippen LogP contribution in [0, 0.1) is 0 Å². The summed E-state index contributed by atoms with van der Waals surface area (Å²) in [5, 5.41) is 2.90. The second kappa shape index (κ2) is 9.28. The van der Waals surface area contributed by atoms with Crippen LogP contribution in [0.5, 0.6) is 0 Å². The largest absolute Gasteiger partial charge is 0.354 e. The second-order valence-corrected chi connectivity index (χ2v) is 6.82. The van der Waals surface area contributed by atoms with Crippen molar-refractivity contribution in [3.05, 3.63) is 54.4 Å². The van der Waals surface area contributed by atoms with Crippen LogP contribution >= 0.6 is 0 Å². The standard InChI is InChI=1S/C21H26N4O2/c22-10-9-20(26)24-15-19-8-4-5-11-25(19)21(27)18-12-17(13-23-14-18)16-6-2-1-3-7-16/h1-3,6-7,12-14,19H,4-5,8-11,15,22H2,(H,24,26). The molecule has 2 aromatic rings. The van der Waals surface area contributed by atoms with Gasteiger partial charge in [0.1, 0.15) is 0 Å². The van der Waals surface area contributed by atoms with Crippen LogP contribution < -0.4 is 11.1 Å². The van der Waals surface area contributed by atoms with Gasteiger partial charge in [0.25, 0.3) is 5.91 Å². The molecule has 1 saturated heterocycles. The van der Waals surface area contributed by atoms with Crippen molar-refractivity contribution in [2.45, 2.75) is 31.7 Å². The number of nitrogens with two attached hydrogens (primary N) is 1. The molecule has 1 unspecified atom stereocenters. The van der Waals surface area contributed by atoms with Crippen molar-refractivity contribution in [2.24, 2.45) is 5.73 Å². The van der Waals surface area contributed by atoms with E-state index in [2.05, 4.69) is 10.3 Å². The van der Waals surface area contributed by atoms with Gasteiger partial charge in [-0.05, 0) is 30.9 Å². The average Bonchev–Trinajstić information content (AvgIpc) is 2.73. The van der Waals surface area contributed by atoms with E-state index in [9.17, 15) is 9.59 Å². The molecule has 0 saturated carbocycles. The number of likely N-dealkylation sites (tertiary alicyclic amines) is 1. The number of nitrogens with one attached hydrogen (secondary N) is 1. The van der Waals surface area contributed by atoms with Gasteiger partial charge in [0.2, 0.25) is 5.91 Å². The van der Waals surface area contributed by atoms with Gasteiger partial charge < -0.3 is 16.0 Å². The number of carbonyl (C=O) groups is 2. The molecule has 1 fully saturated rings. The van der Waals surface area contributed by atoms with Gasteiger partial charge in [0, 0.05) is 50.1 Å². The van der Waals surface area contributed by atoms with Crippen molar-refractivity contribution in [1.82, 2.24) is 15.2 Å². The number of amides is 2. The van der Waals surface area contributed by atoms with E-state index < -0.39 is 0 Å². The fourth-order valence-corrected chi connectivity index (χ4v) is 3.44. The Bertz CT molecular complexity index is 779. The first kappa shape index (κ1) is 19.0. The number of nitrogens with zero attached hydrogens (tertiary/aromatic N) is 2. The lowest BCUT2D eigenvalue weighted by Gasteiger charge is -2.36. The molecule has 2 heterocycles. The molecular formula is C21H26N4O2. The Morgan fingerprint density at radius 3 is 2.74 bits per heavy atom. The lowest BCUT2D eigenvalue weighted by molar-refractivity contribution is -0.121. The number of hydrogen-bond donors (Lipinski definition) is 2. The number of aromatic nitrogens is 1. The summed E-state index contributed by atoms with van der Waals surface area (Å²) in [7, 11) is 0. The average molecular weight is 366 g/mol. The topological polar surface area (TPSA) is 88.3 Å². The zero-order valence-electron chi connectivity index (χ0n) is 15.4. The molecule has 0 radical (unpaired) electrons. The summed E-state index contributed by atoms with van der Waals surface area (Å²) in [6.45, 7) is 1.50. The summed E-state index contributed by atoms with van der Waals surface area (Å²) in [5.74, 6) is -0.0960. The van der Waals surface area contributed by atoms with Crippen LogP contribution in [0.3, 0.4) is 0 Å². The molecule has 3 N–H and O–H groups in total. The van der Waals surface area contributed by atoms with E-state index in [1.807, 2.05) is 41.3 Å². The van der Waals surface area contributed by atoms with Crippen molar-refractivity contribution < 1.29 is 9.59 Å². The molecule has 142 valence electrons. The lowest BCUT2D eigenvalue weighted by Crippen LogP contribution is -2.49. The van der Waals surface area contributed by atoms with E-state index in [0.29, 0.717) is 31.6 Å². The molecule has 6 nitrogen and oxygen atoms in total. The van der Waals surface area contributed by atoms with Gasteiger partial charge in [-0.25, -0.2) is 0 Å². The van der Waals surface area contributed by atoms with Crippen LogP contribution in [0.1, 0.15) is 36.0 Å². The van der Waals surface area contributed by atoms with E-state index in [0.717, 1.165) is 30.4 Å². The lowest BCUT2D eigenvalue weighted by atomic mass is 10.00. The molecule has 1 atom stereocenters. The van der Waals surface area contributed by atoms with Crippen LogP contribution in [0.25, 0.3) is 11.1 Å². The zero-order valence-corrected chi connectivity index (χ0v) is 15.4. The van der Waals surface area contributed by atoms with Crippen LogP contribution in [0.15, 0.2) is 48.8 Å². The number of rotatable bonds is 6. The molecule has 0 spiro atoms. The second-order valence-electron chi connectivity index (χ2n) is 6.82. The number of pyridine rings is 1. The summed E-state index contributed by atoms with van der Waals surface area (Å²) in [5.41, 5.74) is 7.95. The third-order valence-corrected chi connectivity index (χ3v) is 4.89. The molecule has 27 heavy (non-hydrogen) atoms. The fraction of sp³-hybridized carbons (Fsp3) is 0.381. The maximum absolute atomic E-state index is 13.1. The number of piperidine rings is 1. The highest BCUT2D eigenvalue weighted by Gasteiger charge is 2.28. The zero-order chi connectivity index (χ0) is 19.1. The summed E-state index contributed by atoms with van der Waals surface area (Å²) in [6.07, 6.45) is 6.62. The van der Waals surface area contributed by atoms with E-state index in [1.54, 1.807) is 12.4 Å². The van der Waals surface area contributed by atoms with E-state index >= 15 is 0 Å². The van der Waals surface area contributed by atoms with Crippen molar-refractivity contribution in [3.63, 3.8) is 0 Å². The minimum atomic E-state index is -0.0665. The maximum atomic E-state index is 13.1. The predicted molar refractivity (Wildman–Crippen MR) is 105 cm³/mol. The first-order chi connectivity index (χ1) is 13.2. The number of hydrogen-bond acceptors (Lipinski definition) is 4. The van der Waals surface area contributed by atoms with Crippen molar-refractivity contribution in [3.8, 4) is 11.1 Å².